The van der Waals surface area contributed by atoms with Gasteiger partial charge in [-0.3, -0.25) is 0 Å². The minimum atomic E-state index is -0.496. The van der Waals surface area contributed by atoms with Crippen molar-refractivity contribution < 1.29 is 4.74 Å². The Kier molecular flexibility index (Phi) is 8.27. The SMILES string of the molecule is CC(C)(C)c1cc2c3c(c1)N(c1ccc4c(c1)C1(c5ccccc5-c5ccccc51)c1ccccc1-4)c1cc(-n4c5ccccc5c5ccccc54)ccc1B3c1ccc(-n3c4ccccc4c4ccccc43)cc1O2. The van der Waals surface area contributed by atoms with Crippen molar-refractivity contribution in [3.05, 3.63) is 264 Å². The molecule has 5 heteroatoms. The third kappa shape index (κ3) is 5.39. The van der Waals surface area contributed by atoms with Gasteiger partial charge in [0.15, 0.2) is 0 Å². The van der Waals surface area contributed by atoms with E-state index in [-0.39, 0.29) is 12.1 Å². The largest absolute Gasteiger partial charge is 0.458 e. The molecule has 13 aromatic rings. The van der Waals surface area contributed by atoms with Crippen molar-refractivity contribution in [2.45, 2.75) is 31.6 Å². The number of hydrogen-bond donors (Lipinski definition) is 0. The van der Waals surface area contributed by atoms with Crippen LogP contribution in [0.15, 0.2) is 237 Å². The summed E-state index contributed by atoms with van der Waals surface area (Å²) in [6.07, 6.45) is 0. The molecule has 4 aliphatic rings. The number of hydrogen-bond acceptors (Lipinski definition) is 2. The lowest BCUT2D eigenvalue weighted by Crippen LogP contribution is -2.59. The van der Waals surface area contributed by atoms with Gasteiger partial charge in [-0.25, -0.2) is 0 Å². The van der Waals surface area contributed by atoms with Gasteiger partial charge in [0.25, 0.3) is 6.71 Å². The summed E-state index contributed by atoms with van der Waals surface area (Å²) in [6.45, 7) is 6.86. The minimum Gasteiger partial charge on any atom is -0.458 e. The second-order valence-corrected chi connectivity index (χ2v) is 22.3. The second kappa shape index (κ2) is 14.9. The molecule has 2 aromatic heterocycles. The maximum Gasteiger partial charge on any atom is 0.256 e. The number of fused-ring (bicyclic) bond motifs is 20. The topological polar surface area (TPSA) is 22.3 Å². The Labute approximate surface area is 441 Å². The Balaban J connectivity index is 0.947. The maximum absolute atomic E-state index is 7.43. The van der Waals surface area contributed by atoms with E-state index in [1.165, 1.54) is 105 Å². The summed E-state index contributed by atoms with van der Waals surface area (Å²) in [5.41, 5.74) is 25.0. The van der Waals surface area contributed by atoms with Gasteiger partial charge in [-0.15, -0.1) is 0 Å². The zero-order valence-corrected chi connectivity index (χ0v) is 42.3. The number of rotatable bonds is 3. The molecule has 0 N–H and O–H groups in total. The molecule has 0 radical (unpaired) electrons. The van der Waals surface area contributed by atoms with Gasteiger partial charge in [-0.05, 0) is 139 Å². The highest BCUT2D eigenvalue weighted by Crippen LogP contribution is 2.63. The molecule has 0 unspecified atom stereocenters. The van der Waals surface area contributed by atoms with Crippen molar-refractivity contribution >= 4 is 83.8 Å². The first-order chi connectivity index (χ1) is 37.3. The lowest BCUT2D eigenvalue weighted by atomic mass is 9.34. The summed E-state index contributed by atoms with van der Waals surface area (Å²) in [5.74, 6) is 1.79. The van der Waals surface area contributed by atoms with Gasteiger partial charge in [0.2, 0.25) is 0 Å². The lowest BCUT2D eigenvalue weighted by Gasteiger charge is -2.41. The van der Waals surface area contributed by atoms with Gasteiger partial charge in [0.05, 0.1) is 27.5 Å². The van der Waals surface area contributed by atoms with E-state index in [2.05, 4.69) is 271 Å². The highest BCUT2D eigenvalue weighted by Gasteiger charge is 2.52. The van der Waals surface area contributed by atoms with E-state index in [9.17, 15) is 0 Å². The molecule has 1 spiro atoms. The Bertz CT molecular complexity index is 4530. The molecule has 2 aliphatic heterocycles. The van der Waals surface area contributed by atoms with Crippen molar-refractivity contribution in [3.8, 4) is 45.1 Å². The van der Waals surface area contributed by atoms with Crippen LogP contribution in [0.4, 0.5) is 17.1 Å². The van der Waals surface area contributed by atoms with E-state index in [0.29, 0.717) is 0 Å². The van der Waals surface area contributed by atoms with E-state index in [4.69, 9.17) is 4.74 Å². The van der Waals surface area contributed by atoms with Gasteiger partial charge in [-0.2, -0.15) is 0 Å². The lowest BCUT2D eigenvalue weighted by molar-refractivity contribution is 0.483. The Morgan fingerprint density at radius 2 is 0.816 bits per heavy atom. The predicted molar refractivity (Wildman–Crippen MR) is 316 cm³/mol. The minimum absolute atomic E-state index is 0.105. The van der Waals surface area contributed by atoms with Crippen LogP contribution in [0.5, 0.6) is 11.5 Å². The number of anilines is 3. The van der Waals surface area contributed by atoms with Crippen LogP contribution >= 0.6 is 0 Å². The molecule has 0 saturated heterocycles. The first-order valence-corrected chi connectivity index (χ1v) is 26.7. The molecule has 0 saturated carbocycles. The summed E-state index contributed by atoms with van der Waals surface area (Å²) in [5, 5.41) is 4.97. The Morgan fingerprint density at radius 3 is 1.34 bits per heavy atom. The molecule has 76 heavy (non-hydrogen) atoms. The Morgan fingerprint density at radius 1 is 0.368 bits per heavy atom. The smallest absolute Gasteiger partial charge is 0.256 e. The van der Waals surface area contributed by atoms with Gasteiger partial charge in [0, 0.05) is 56.0 Å². The number of ether oxygens (including phenoxy) is 1. The molecule has 11 aromatic carbocycles. The van der Waals surface area contributed by atoms with Gasteiger partial charge in [-0.1, -0.05) is 185 Å². The molecule has 17 rings (SSSR count). The van der Waals surface area contributed by atoms with Crippen LogP contribution in [-0.2, 0) is 10.8 Å². The first-order valence-electron chi connectivity index (χ1n) is 26.7. The third-order valence-corrected chi connectivity index (χ3v) is 17.5. The molecular weight excluding hydrogens is 922 g/mol. The van der Waals surface area contributed by atoms with Crippen LogP contribution in [0.1, 0.15) is 48.6 Å². The van der Waals surface area contributed by atoms with E-state index in [1.807, 2.05) is 0 Å². The highest BCUT2D eigenvalue weighted by atomic mass is 16.5. The van der Waals surface area contributed by atoms with Crippen LogP contribution in [0.25, 0.3) is 77.2 Å². The predicted octanol–water partition coefficient (Wildman–Crippen LogP) is 15.9. The number of nitrogens with zero attached hydrogens (tertiary/aromatic N) is 3. The average molecular weight is 970 g/mol. The fourth-order valence-electron chi connectivity index (χ4n) is 14.3. The quantitative estimate of drug-likeness (QED) is 0.165. The normalized spacial score (nSPS) is 14.1. The van der Waals surface area contributed by atoms with Gasteiger partial charge < -0.3 is 18.8 Å². The molecule has 0 atom stereocenters. The van der Waals surface area contributed by atoms with Gasteiger partial charge >= 0.3 is 0 Å². The van der Waals surface area contributed by atoms with Crippen LogP contribution in [-0.4, -0.2) is 15.8 Å². The first kappa shape index (κ1) is 42.1. The number of para-hydroxylation sites is 4. The molecular formula is C71H48BN3O. The van der Waals surface area contributed by atoms with E-state index >= 15 is 0 Å². The molecule has 4 nitrogen and oxygen atoms in total. The monoisotopic (exact) mass is 969 g/mol. The summed E-state index contributed by atoms with van der Waals surface area (Å²) >= 11 is 0. The van der Waals surface area contributed by atoms with Crippen LogP contribution in [0.2, 0.25) is 0 Å². The highest BCUT2D eigenvalue weighted by molar-refractivity contribution is 6.99. The van der Waals surface area contributed by atoms with Crippen molar-refractivity contribution in [3.63, 3.8) is 0 Å². The second-order valence-electron chi connectivity index (χ2n) is 22.3. The van der Waals surface area contributed by atoms with Crippen molar-refractivity contribution in [1.82, 2.24) is 9.13 Å². The summed E-state index contributed by atoms with van der Waals surface area (Å²) in [6, 6.07) is 88.8. The fraction of sp³-hybridized carbons (Fsp3) is 0.0704. The molecule has 0 bridgehead atoms. The van der Waals surface area contributed by atoms with Crippen LogP contribution < -0.4 is 26.0 Å². The molecule has 356 valence electrons. The van der Waals surface area contributed by atoms with Crippen molar-refractivity contribution in [1.29, 1.82) is 0 Å². The number of benzene rings is 11. The third-order valence-electron chi connectivity index (χ3n) is 17.5. The van der Waals surface area contributed by atoms with Gasteiger partial charge in [0.1, 0.15) is 11.5 Å². The van der Waals surface area contributed by atoms with E-state index < -0.39 is 5.41 Å². The molecule has 2 aliphatic carbocycles. The molecule has 4 heterocycles. The zero-order valence-electron chi connectivity index (χ0n) is 42.3. The maximum atomic E-state index is 7.43. The van der Waals surface area contributed by atoms with Crippen LogP contribution in [0.3, 0.4) is 0 Å². The summed E-state index contributed by atoms with van der Waals surface area (Å²) < 4.78 is 12.3. The average Bonchev–Trinajstić information content (AvgIpc) is 4.18. The Hall–Kier alpha value is -9.32. The van der Waals surface area contributed by atoms with Crippen molar-refractivity contribution in [2.75, 3.05) is 4.90 Å². The number of aromatic nitrogens is 2. The van der Waals surface area contributed by atoms with Crippen molar-refractivity contribution in [2.24, 2.45) is 0 Å². The van der Waals surface area contributed by atoms with E-state index in [1.54, 1.807) is 0 Å². The fourth-order valence-corrected chi connectivity index (χ4v) is 14.3. The molecule has 0 amide bonds. The standard InChI is InChI=1S/C71H48BN3O/c1-70(2,3)43-38-66-69-68(39-43)76-67-42-46(74-63-30-16-9-23-53(63)54-24-10-17-31-64(54)74)34-37-60(67)72(69)59-36-33-45(73-61-28-14-7-21-51(61)52-22-8-15-29-62(52)73)41-65(59)75(66)44-32-35-50-49-20-6-13-27-57(49)71(58(50)40-44)55-25-11-4-18-47(55)48-19-5-12-26-56(48)71/h4-42H,1-3H3. The van der Waals surface area contributed by atoms with Crippen LogP contribution in [0, 0.1) is 0 Å². The molecule has 0 fully saturated rings. The zero-order chi connectivity index (χ0) is 50.2. The summed E-state index contributed by atoms with van der Waals surface area (Å²) in [7, 11) is 0. The van der Waals surface area contributed by atoms with E-state index in [0.717, 1.165) is 45.4 Å². The summed E-state index contributed by atoms with van der Waals surface area (Å²) in [4.78, 5) is 2.59.